The molecule has 1 saturated heterocycles. The van der Waals surface area contributed by atoms with Crippen molar-refractivity contribution in [3.8, 4) is 11.5 Å². The maximum atomic E-state index is 12.4. The fraction of sp³-hybridized carbons (Fsp3) is 0.524. The molecular weight excluding hydrogens is 388 g/mol. The highest BCUT2D eigenvalue weighted by molar-refractivity contribution is 5.91. The van der Waals surface area contributed by atoms with Crippen LogP contribution in [-0.4, -0.2) is 71.4 Å². The van der Waals surface area contributed by atoms with Gasteiger partial charge in [-0.05, 0) is 24.1 Å². The maximum Gasteiger partial charge on any atom is 0.273 e. The smallest absolute Gasteiger partial charge is 0.273 e. The maximum absolute atomic E-state index is 12.4. The van der Waals surface area contributed by atoms with Crippen LogP contribution in [0.15, 0.2) is 28.9 Å². The zero-order valence-corrected chi connectivity index (χ0v) is 17.2. The molecule has 30 heavy (non-hydrogen) atoms. The highest BCUT2D eigenvalue weighted by Crippen LogP contribution is 2.32. The van der Waals surface area contributed by atoms with E-state index in [9.17, 15) is 9.90 Å². The van der Waals surface area contributed by atoms with Crippen LogP contribution in [0.5, 0.6) is 11.5 Å². The summed E-state index contributed by atoms with van der Waals surface area (Å²) >= 11 is 0. The van der Waals surface area contributed by atoms with Gasteiger partial charge in [-0.2, -0.15) is 0 Å². The molecular formula is C21H28N4O5. The van der Waals surface area contributed by atoms with Crippen molar-refractivity contribution in [1.29, 1.82) is 0 Å². The van der Waals surface area contributed by atoms with Crippen LogP contribution in [0.2, 0.25) is 0 Å². The number of oxazole rings is 1. The molecule has 1 amide bonds. The van der Waals surface area contributed by atoms with E-state index in [1.54, 1.807) is 0 Å². The fourth-order valence-corrected chi connectivity index (χ4v) is 3.56. The van der Waals surface area contributed by atoms with Crippen LogP contribution in [0, 0.1) is 0 Å². The summed E-state index contributed by atoms with van der Waals surface area (Å²) in [5, 5.41) is 12.6. The molecule has 2 aromatic rings. The minimum absolute atomic E-state index is 0.225. The van der Waals surface area contributed by atoms with Gasteiger partial charge in [-0.25, -0.2) is 4.98 Å². The number of rotatable bonds is 8. The average molecular weight is 416 g/mol. The van der Waals surface area contributed by atoms with E-state index >= 15 is 0 Å². The molecule has 1 aromatic carbocycles. The first-order chi connectivity index (χ1) is 14.6. The molecule has 1 aromatic heterocycles. The number of fused-ring (bicyclic) bond motifs is 1. The molecule has 0 aliphatic carbocycles. The standard InChI is InChI=1S/C21H28N4O5/c1-2-16(26)11-24-5-7-25(8-6-24)12-20-23-17(13-28-20)21(27)22-10-15-3-4-18-19(9-15)30-14-29-18/h3-4,9,13,16,26H,2,5-8,10-12,14H2,1H3,(H,22,27)/t16-/m1/s1. The Morgan fingerprint density at radius 3 is 2.77 bits per heavy atom. The van der Waals surface area contributed by atoms with E-state index in [0.717, 1.165) is 44.7 Å². The van der Waals surface area contributed by atoms with Gasteiger partial charge in [0.2, 0.25) is 12.7 Å². The summed E-state index contributed by atoms with van der Waals surface area (Å²) < 4.78 is 16.2. The number of β-amino-alcohol motifs (C(OH)–C–C–N with tert-alkyl or cyclic N) is 1. The first-order valence-corrected chi connectivity index (χ1v) is 10.3. The highest BCUT2D eigenvalue weighted by atomic mass is 16.7. The molecule has 2 aliphatic rings. The second-order valence-electron chi connectivity index (χ2n) is 7.64. The van der Waals surface area contributed by atoms with Gasteiger partial charge in [0, 0.05) is 39.3 Å². The summed E-state index contributed by atoms with van der Waals surface area (Å²) in [6, 6.07) is 5.58. The molecule has 1 atom stereocenters. The highest BCUT2D eigenvalue weighted by Gasteiger charge is 2.21. The number of nitrogens with one attached hydrogen (secondary N) is 1. The monoisotopic (exact) mass is 416 g/mol. The van der Waals surface area contributed by atoms with Crippen LogP contribution in [0.1, 0.15) is 35.3 Å². The topological polar surface area (TPSA) is 100 Å². The van der Waals surface area contributed by atoms with Crippen LogP contribution in [0.3, 0.4) is 0 Å². The second kappa shape index (κ2) is 9.46. The summed E-state index contributed by atoms with van der Waals surface area (Å²) in [5.41, 5.74) is 1.19. The molecule has 2 N–H and O–H groups in total. The zero-order chi connectivity index (χ0) is 20.9. The first-order valence-electron chi connectivity index (χ1n) is 10.3. The predicted molar refractivity (Wildman–Crippen MR) is 108 cm³/mol. The van der Waals surface area contributed by atoms with Crippen molar-refractivity contribution in [2.24, 2.45) is 0 Å². The lowest BCUT2D eigenvalue weighted by atomic mass is 10.2. The second-order valence-corrected chi connectivity index (χ2v) is 7.64. The lowest BCUT2D eigenvalue weighted by Gasteiger charge is -2.34. The van der Waals surface area contributed by atoms with E-state index in [-0.39, 0.29) is 24.5 Å². The molecule has 0 unspecified atom stereocenters. The Kier molecular flexibility index (Phi) is 6.51. The summed E-state index contributed by atoms with van der Waals surface area (Å²) in [5.74, 6) is 1.66. The molecule has 9 nitrogen and oxygen atoms in total. The third-order valence-electron chi connectivity index (χ3n) is 5.44. The third kappa shape index (κ3) is 5.10. The van der Waals surface area contributed by atoms with Gasteiger partial charge in [-0.15, -0.1) is 0 Å². The molecule has 0 radical (unpaired) electrons. The molecule has 0 spiro atoms. The van der Waals surface area contributed by atoms with Crippen LogP contribution < -0.4 is 14.8 Å². The number of aromatic nitrogens is 1. The number of carbonyl (C=O) groups is 1. The number of aliphatic hydroxyl groups excluding tert-OH is 1. The molecule has 3 heterocycles. The third-order valence-corrected chi connectivity index (χ3v) is 5.44. The van der Waals surface area contributed by atoms with Crippen LogP contribution in [-0.2, 0) is 13.1 Å². The molecule has 2 aliphatic heterocycles. The fourth-order valence-electron chi connectivity index (χ4n) is 3.56. The van der Waals surface area contributed by atoms with Crippen molar-refractivity contribution in [3.63, 3.8) is 0 Å². The Bertz CT molecular complexity index is 863. The van der Waals surface area contributed by atoms with Gasteiger partial charge >= 0.3 is 0 Å². The van der Waals surface area contributed by atoms with Crippen LogP contribution >= 0.6 is 0 Å². The van der Waals surface area contributed by atoms with Crippen molar-refractivity contribution in [2.45, 2.75) is 32.5 Å². The van der Waals surface area contributed by atoms with Gasteiger partial charge in [0.25, 0.3) is 5.91 Å². The Morgan fingerprint density at radius 2 is 1.97 bits per heavy atom. The van der Waals surface area contributed by atoms with Crippen molar-refractivity contribution in [2.75, 3.05) is 39.5 Å². The Labute approximate surface area is 175 Å². The lowest BCUT2D eigenvalue weighted by molar-refractivity contribution is 0.0658. The number of nitrogens with zero attached hydrogens (tertiary/aromatic N) is 3. The predicted octanol–water partition coefficient (Wildman–Crippen LogP) is 1.22. The molecule has 1 fully saturated rings. The van der Waals surface area contributed by atoms with Gasteiger partial charge in [0.1, 0.15) is 6.26 Å². The van der Waals surface area contributed by atoms with E-state index in [4.69, 9.17) is 13.9 Å². The van der Waals surface area contributed by atoms with Crippen molar-refractivity contribution in [3.05, 3.63) is 41.6 Å². The minimum Gasteiger partial charge on any atom is -0.454 e. The minimum atomic E-state index is -0.277. The van der Waals surface area contributed by atoms with Gasteiger partial charge in [0.15, 0.2) is 17.2 Å². The largest absolute Gasteiger partial charge is 0.454 e. The molecule has 0 saturated carbocycles. The zero-order valence-electron chi connectivity index (χ0n) is 17.2. The van der Waals surface area contributed by atoms with E-state index in [0.29, 0.717) is 30.5 Å². The first kappa shape index (κ1) is 20.6. The average Bonchev–Trinajstić information content (AvgIpc) is 3.42. The van der Waals surface area contributed by atoms with Crippen molar-refractivity contribution < 1.29 is 23.8 Å². The van der Waals surface area contributed by atoms with Gasteiger partial charge < -0.3 is 24.3 Å². The molecule has 0 bridgehead atoms. The number of ether oxygens (including phenoxy) is 2. The summed E-state index contributed by atoms with van der Waals surface area (Å²) in [7, 11) is 0. The number of aliphatic hydroxyl groups is 1. The molecule has 162 valence electrons. The number of hydrogen-bond acceptors (Lipinski definition) is 8. The van der Waals surface area contributed by atoms with Gasteiger partial charge in [-0.3, -0.25) is 14.6 Å². The molecule has 9 heteroatoms. The summed E-state index contributed by atoms with van der Waals surface area (Å²) in [4.78, 5) is 21.3. The molecule has 4 rings (SSSR count). The van der Waals surface area contributed by atoms with Gasteiger partial charge in [0.05, 0.1) is 12.6 Å². The number of piperazine rings is 1. The number of carbonyl (C=O) groups excluding carboxylic acids is 1. The quantitative estimate of drug-likeness (QED) is 0.663. The van der Waals surface area contributed by atoms with Crippen LogP contribution in [0.25, 0.3) is 0 Å². The van der Waals surface area contributed by atoms with Crippen molar-refractivity contribution >= 4 is 5.91 Å². The normalized spacial score (nSPS) is 17.8. The van der Waals surface area contributed by atoms with E-state index in [1.807, 2.05) is 25.1 Å². The van der Waals surface area contributed by atoms with E-state index < -0.39 is 0 Å². The van der Waals surface area contributed by atoms with Crippen LogP contribution in [0.4, 0.5) is 0 Å². The summed E-state index contributed by atoms with van der Waals surface area (Å²) in [6.45, 7) is 7.44. The number of amides is 1. The van der Waals surface area contributed by atoms with Crippen molar-refractivity contribution in [1.82, 2.24) is 20.1 Å². The summed E-state index contributed by atoms with van der Waals surface area (Å²) in [6.07, 6.45) is 1.91. The SMILES string of the molecule is CC[C@@H](O)CN1CCN(Cc2nc(C(=O)NCc3ccc4c(c3)OCO4)co2)CC1. The Hall–Kier alpha value is -2.62. The Morgan fingerprint density at radius 1 is 1.20 bits per heavy atom. The number of benzene rings is 1. The van der Waals surface area contributed by atoms with E-state index in [1.165, 1.54) is 6.26 Å². The van der Waals surface area contributed by atoms with E-state index in [2.05, 4.69) is 20.1 Å². The number of hydrogen-bond donors (Lipinski definition) is 2. The lowest BCUT2D eigenvalue weighted by Crippen LogP contribution is -2.48. The van der Waals surface area contributed by atoms with Gasteiger partial charge in [-0.1, -0.05) is 13.0 Å². The Balaban J connectivity index is 1.23.